The average Bonchev–Trinajstić information content (AvgIpc) is 2.82. The van der Waals surface area contributed by atoms with Gasteiger partial charge in [0, 0.05) is 25.0 Å². The van der Waals surface area contributed by atoms with E-state index in [9.17, 15) is 10.2 Å². The Balaban J connectivity index is 1.57. The number of aliphatic hydroxyl groups excluding tert-OH is 2. The van der Waals surface area contributed by atoms with Crippen LogP contribution in [0.4, 0.5) is 0 Å². The summed E-state index contributed by atoms with van der Waals surface area (Å²) < 4.78 is 16.7. The van der Waals surface area contributed by atoms with E-state index < -0.39 is 12.2 Å². The van der Waals surface area contributed by atoms with Gasteiger partial charge in [0.25, 0.3) is 0 Å². The highest BCUT2D eigenvalue weighted by Gasteiger charge is 2.24. The van der Waals surface area contributed by atoms with Crippen molar-refractivity contribution in [3.05, 3.63) is 58.6 Å². The van der Waals surface area contributed by atoms with Gasteiger partial charge in [0.2, 0.25) is 0 Å². The standard InChI is InChI=1S/C25H33Cl2NO5/c1-25(2,19-5-8-24(23(27)13-19)33-16-20(29)14-26)18-3-6-22(7-4-18)32-17-21(30)15-28-9-11-31-12-10-28/h3-8,13,20-21,29-30H,9-12,14-17H2,1-2H3/t20-,21-/m0/s1. The van der Waals surface area contributed by atoms with Gasteiger partial charge in [-0.2, -0.15) is 0 Å². The van der Waals surface area contributed by atoms with Gasteiger partial charge in [0.05, 0.1) is 24.1 Å². The van der Waals surface area contributed by atoms with Crippen molar-refractivity contribution < 1.29 is 24.4 Å². The van der Waals surface area contributed by atoms with Crippen LogP contribution in [0.25, 0.3) is 0 Å². The Hall–Kier alpha value is -1.54. The first-order chi connectivity index (χ1) is 15.8. The molecule has 1 fully saturated rings. The van der Waals surface area contributed by atoms with Crippen molar-refractivity contribution in [1.82, 2.24) is 4.90 Å². The van der Waals surface area contributed by atoms with Crippen molar-refractivity contribution in [1.29, 1.82) is 0 Å². The van der Waals surface area contributed by atoms with Crippen LogP contribution < -0.4 is 9.47 Å². The molecule has 0 spiro atoms. The number of nitrogens with zero attached hydrogens (tertiary/aromatic N) is 1. The summed E-state index contributed by atoms with van der Waals surface area (Å²) in [5, 5.41) is 20.3. The number of aliphatic hydroxyl groups is 2. The van der Waals surface area contributed by atoms with Crippen LogP contribution in [-0.4, -0.2) is 79.3 Å². The van der Waals surface area contributed by atoms with Crippen molar-refractivity contribution in [2.24, 2.45) is 0 Å². The largest absolute Gasteiger partial charge is 0.491 e. The second-order valence-corrected chi connectivity index (χ2v) is 9.51. The van der Waals surface area contributed by atoms with Gasteiger partial charge in [-0.1, -0.05) is 43.6 Å². The van der Waals surface area contributed by atoms with Crippen molar-refractivity contribution in [3.63, 3.8) is 0 Å². The van der Waals surface area contributed by atoms with Gasteiger partial charge in [-0.3, -0.25) is 4.90 Å². The Morgan fingerprint density at radius 3 is 2.24 bits per heavy atom. The van der Waals surface area contributed by atoms with E-state index in [0.717, 1.165) is 30.0 Å². The van der Waals surface area contributed by atoms with Crippen molar-refractivity contribution in [2.45, 2.75) is 31.5 Å². The molecule has 0 bridgehead atoms. The van der Waals surface area contributed by atoms with Gasteiger partial charge in [-0.25, -0.2) is 0 Å². The first-order valence-corrected chi connectivity index (χ1v) is 12.1. The molecular formula is C25H33Cl2NO5. The van der Waals surface area contributed by atoms with E-state index >= 15 is 0 Å². The van der Waals surface area contributed by atoms with Crippen LogP contribution in [0.5, 0.6) is 11.5 Å². The number of morpholine rings is 1. The highest BCUT2D eigenvalue weighted by molar-refractivity contribution is 6.32. The van der Waals surface area contributed by atoms with E-state index in [2.05, 4.69) is 18.7 Å². The third kappa shape index (κ3) is 7.47. The maximum absolute atomic E-state index is 10.3. The number of hydrogen-bond acceptors (Lipinski definition) is 6. The fraction of sp³-hybridized carbons (Fsp3) is 0.520. The van der Waals surface area contributed by atoms with Gasteiger partial charge < -0.3 is 24.4 Å². The smallest absolute Gasteiger partial charge is 0.138 e. The number of rotatable bonds is 11. The van der Waals surface area contributed by atoms with Gasteiger partial charge in [-0.15, -0.1) is 11.6 Å². The zero-order chi connectivity index (χ0) is 23.8. The molecule has 0 radical (unpaired) electrons. The Morgan fingerprint density at radius 1 is 0.970 bits per heavy atom. The summed E-state index contributed by atoms with van der Waals surface area (Å²) in [6, 6.07) is 13.6. The number of alkyl halides is 1. The summed E-state index contributed by atoms with van der Waals surface area (Å²) in [5.41, 5.74) is 1.84. The van der Waals surface area contributed by atoms with Crippen LogP contribution in [0.2, 0.25) is 5.02 Å². The van der Waals surface area contributed by atoms with Crippen LogP contribution in [0.3, 0.4) is 0 Å². The molecule has 0 saturated carbocycles. The number of halogens is 2. The van der Waals surface area contributed by atoms with Crippen LogP contribution in [-0.2, 0) is 10.2 Å². The highest BCUT2D eigenvalue weighted by Crippen LogP contribution is 2.36. The maximum atomic E-state index is 10.3. The molecule has 0 aromatic heterocycles. The number of ether oxygens (including phenoxy) is 3. The fourth-order valence-corrected chi connectivity index (χ4v) is 4.02. The minimum atomic E-state index is -0.736. The molecule has 1 aliphatic heterocycles. The van der Waals surface area contributed by atoms with Crippen LogP contribution in [0, 0.1) is 0 Å². The molecule has 1 aliphatic rings. The molecule has 2 atom stereocenters. The Bertz CT molecular complexity index is 872. The lowest BCUT2D eigenvalue weighted by molar-refractivity contribution is 0.00465. The van der Waals surface area contributed by atoms with Crippen LogP contribution in [0.15, 0.2) is 42.5 Å². The predicted molar refractivity (Wildman–Crippen MR) is 131 cm³/mol. The summed E-state index contributed by atoms with van der Waals surface area (Å²) in [6.07, 6.45) is -1.28. The molecule has 3 rings (SSSR count). The lowest BCUT2D eigenvalue weighted by Gasteiger charge is -2.28. The first kappa shape index (κ1) is 26.1. The van der Waals surface area contributed by atoms with Gasteiger partial charge in [0.1, 0.15) is 36.9 Å². The topological polar surface area (TPSA) is 71.4 Å². The number of hydrogen-bond donors (Lipinski definition) is 2. The molecule has 6 nitrogen and oxygen atoms in total. The Kier molecular flexibility index (Phi) is 9.68. The molecule has 182 valence electrons. The quantitative estimate of drug-likeness (QED) is 0.461. The van der Waals surface area contributed by atoms with Crippen molar-refractivity contribution in [3.8, 4) is 11.5 Å². The van der Waals surface area contributed by atoms with Gasteiger partial charge >= 0.3 is 0 Å². The third-order valence-electron chi connectivity index (χ3n) is 5.85. The van der Waals surface area contributed by atoms with Crippen LogP contribution >= 0.6 is 23.2 Å². The molecule has 0 aliphatic carbocycles. The third-order valence-corrected chi connectivity index (χ3v) is 6.51. The van der Waals surface area contributed by atoms with Crippen molar-refractivity contribution >= 4 is 23.2 Å². The Labute approximate surface area is 206 Å². The van der Waals surface area contributed by atoms with E-state index in [4.69, 9.17) is 37.4 Å². The van der Waals surface area contributed by atoms with E-state index in [1.807, 2.05) is 42.5 Å². The molecule has 1 heterocycles. The maximum Gasteiger partial charge on any atom is 0.138 e. The normalized spacial score (nSPS) is 16.9. The molecule has 2 aromatic carbocycles. The highest BCUT2D eigenvalue weighted by atomic mass is 35.5. The van der Waals surface area contributed by atoms with Crippen LogP contribution in [0.1, 0.15) is 25.0 Å². The Morgan fingerprint density at radius 2 is 1.61 bits per heavy atom. The molecule has 33 heavy (non-hydrogen) atoms. The minimum absolute atomic E-state index is 0.0918. The summed E-state index contributed by atoms with van der Waals surface area (Å²) >= 11 is 12.0. The summed E-state index contributed by atoms with van der Waals surface area (Å²) in [5.74, 6) is 1.34. The zero-order valence-corrected chi connectivity index (χ0v) is 20.7. The predicted octanol–water partition coefficient (Wildman–Crippen LogP) is 3.72. The summed E-state index contributed by atoms with van der Waals surface area (Å²) in [6.45, 7) is 8.27. The second-order valence-electron chi connectivity index (χ2n) is 8.79. The monoisotopic (exact) mass is 497 g/mol. The lowest BCUT2D eigenvalue weighted by Crippen LogP contribution is -2.42. The minimum Gasteiger partial charge on any atom is -0.491 e. The molecule has 8 heteroatoms. The molecular weight excluding hydrogens is 465 g/mol. The molecule has 2 N–H and O–H groups in total. The number of β-amino-alcohol motifs (C(OH)–C–C–N with tert-alkyl or cyclic N) is 1. The summed E-state index contributed by atoms with van der Waals surface area (Å²) in [7, 11) is 0. The molecule has 0 unspecified atom stereocenters. The van der Waals surface area contributed by atoms with E-state index in [1.165, 1.54) is 0 Å². The molecule has 1 saturated heterocycles. The van der Waals surface area contributed by atoms with Gasteiger partial charge in [-0.05, 0) is 35.4 Å². The summed E-state index contributed by atoms with van der Waals surface area (Å²) in [4.78, 5) is 2.19. The molecule has 2 aromatic rings. The van der Waals surface area contributed by atoms with Crippen molar-refractivity contribution in [2.75, 3.05) is 51.9 Å². The zero-order valence-electron chi connectivity index (χ0n) is 19.2. The van der Waals surface area contributed by atoms with Gasteiger partial charge in [0.15, 0.2) is 0 Å². The van der Waals surface area contributed by atoms with E-state index in [1.54, 1.807) is 0 Å². The molecule has 0 amide bonds. The lowest BCUT2D eigenvalue weighted by atomic mass is 9.78. The fourth-order valence-electron chi connectivity index (χ4n) is 3.70. The second kappa shape index (κ2) is 12.2. The SMILES string of the molecule is CC(C)(c1ccc(OC[C@@H](O)CN2CCOCC2)cc1)c1ccc(OC[C@@H](O)CCl)c(Cl)c1. The van der Waals surface area contributed by atoms with E-state index in [-0.39, 0.29) is 24.5 Å². The van der Waals surface area contributed by atoms with E-state index in [0.29, 0.717) is 30.5 Å². The average molecular weight is 498 g/mol. The number of benzene rings is 2. The first-order valence-electron chi connectivity index (χ1n) is 11.2.